The van der Waals surface area contributed by atoms with Gasteiger partial charge in [-0.3, -0.25) is 9.69 Å². The standard InChI is InChI=1S/C20H27ClN4O4/c1-19(2,3)29-18(28)23-11-14-8-4-5-9-20(14)16(26)25(17(27)24-20)12-13-7-6-10-22-15(13)21/h6-7,10,14H,4-5,8-9,11-12H2,1-3H3,(H,23,28)(H,24,27)/t14-,20-/m1/s1. The number of carbonyl (C=O) groups is 3. The molecule has 1 saturated carbocycles. The molecule has 29 heavy (non-hydrogen) atoms. The Morgan fingerprint density at radius 2 is 2.17 bits per heavy atom. The third-order valence-corrected chi connectivity index (χ3v) is 5.67. The molecule has 2 aliphatic rings. The summed E-state index contributed by atoms with van der Waals surface area (Å²) in [5, 5.41) is 5.93. The number of pyridine rings is 1. The second-order valence-electron chi connectivity index (χ2n) is 8.57. The Labute approximate surface area is 175 Å². The maximum absolute atomic E-state index is 13.3. The monoisotopic (exact) mass is 422 g/mol. The first-order chi connectivity index (χ1) is 13.6. The van der Waals surface area contributed by atoms with Crippen LogP contribution in [0.3, 0.4) is 0 Å². The van der Waals surface area contributed by atoms with Crippen molar-refractivity contribution in [1.82, 2.24) is 20.5 Å². The molecule has 2 heterocycles. The van der Waals surface area contributed by atoms with Crippen LogP contribution in [0.25, 0.3) is 0 Å². The molecule has 1 aliphatic carbocycles. The summed E-state index contributed by atoms with van der Waals surface area (Å²) in [6.45, 7) is 5.68. The maximum atomic E-state index is 13.3. The van der Waals surface area contributed by atoms with E-state index >= 15 is 0 Å². The zero-order valence-electron chi connectivity index (χ0n) is 17.0. The van der Waals surface area contributed by atoms with E-state index in [9.17, 15) is 14.4 Å². The number of rotatable bonds is 4. The molecular weight excluding hydrogens is 396 g/mol. The maximum Gasteiger partial charge on any atom is 0.407 e. The van der Waals surface area contributed by atoms with Crippen molar-refractivity contribution < 1.29 is 19.1 Å². The van der Waals surface area contributed by atoms with Crippen LogP contribution in [0, 0.1) is 5.92 Å². The highest BCUT2D eigenvalue weighted by Gasteiger charge is 2.56. The van der Waals surface area contributed by atoms with Gasteiger partial charge in [0.05, 0.1) is 6.54 Å². The summed E-state index contributed by atoms with van der Waals surface area (Å²) in [6, 6.07) is 3.01. The van der Waals surface area contributed by atoms with Gasteiger partial charge in [0, 0.05) is 24.2 Å². The summed E-state index contributed by atoms with van der Waals surface area (Å²) >= 11 is 6.10. The van der Waals surface area contributed by atoms with Crippen LogP contribution in [0.5, 0.6) is 0 Å². The molecule has 0 radical (unpaired) electrons. The lowest BCUT2D eigenvalue weighted by Crippen LogP contribution is -2.57. The smallest absolute Gasteiger partial charge is 0.407 e. The molecule has 9 heteroatoms. The van der Waals surface area contributed by atoms with E-state index in [-0.39, 0.29) is 30.1 Å². The van der Waals surface area contributed by atoms with Crippen LogP contribution >= 0.6 is 11.6 Å². The summed E-state index contributed by atoms with van der Waals surface area (Å²) in [5.41, 5.74) is -1.01. The molecule has 1 spiro atoms. The number of nitrogens with zero attached hydrogens (tertiary/aromatic N) is 2. The number of ether oxygens (including phenoxy) is 1. The highest BCUT2D eigenvalue weighted by Crippen LogP contribution is 2.39. The average molecular weight is 423 g/mol. The summed E-state index contributed by atoms with van der Waals surface area (Å²) in [7, 11) is 0. The number of halogens is 1. The third-order valence-electron chi connectivity index (χ3n) is 5.33. The summed E-state index contributed by atoms with van der Waals surface area (Å²) in [6.07, 6.45) is 4.04. The van der Waals surface area contributed by atoms with E-state index in [2.05, 4.69) is 15.6 Å². The van der Waals surface area contributed by atoms with Crippen LogP contribution in [-0.4, -0.2) is 45.6 Å². The van der Waals surface area contributed by atoms with E-state index in [4.69, 9.17) is 16.3 Å². The number of aromatic nitrogens is 1. The second-order valence-corrected chi connectivity index (χ2v) is 8.93. The fraction of sp³-hybridized carbons (Fsp3) is 0.600. The highest BCUT2D eigenvalue weighted by molar-refractivity contribution is 6.30. The Kier molecular flexibility index (Phi) is 6.03. The van der Waals surface area contributed by atoms with E-state index in [1.807, 2.05) is 0 Å². The minimum absolute atomic E-state index is 0.0608. The number of amides is 4. The number of imide groups is 1. The van der Waals surface area contributed by atoms with Crippen molar-refractivity contribution in [3.05, 3.63) is 29.0 Å². The molecule has 0 bridgehead atoms. The number of nitrogens with one attached hydrogen (secondary N) is 2. The SMILES string of the molecule is CC(C)(C)OC(=O)NC[C@H]1CCCC[C@@]12NC(=O)N(Cc1cccnc1Cl)C2=O. The van der Waals surface area contributed by atoms with Crippen molar-refractivity contribution in [3.63, 3.8) is 0 Å². The Hall–Kier alpha value is -2.35. The largest absolute Gasteiger partial charge is 0.444 e. The van der Waals surface area contributed by atoms with Crippen LogP contribution in [0.2, 0.25) is 5.15 Å². The van der Waals surface area contributed by atoms with Crippen LogP contribution in [0.4, 0.5) is 9.59 Å². The number of alkyl carbamates (subject to hydrolysis) is 1. The van der Waals surface area contributed by atoms with Gasteiger partial charge >= 0.3 is 12.1 Å². The molecule has 2 atom stereocenters. The molecule has 8 nitrogen and oxygen atoms in total. The molecule has 1 aromatic rings. The molecule has 2 fully saturated rings. The topological polar surface area (TPSA) is 101 Å². The number of hydrogen-bond donors (Lipinski definition) is 2. The van der Waals surface area contributed by atoms with E-state index in [1.165, 1.54) is 4.90 Å². The fourth-order valence-corrected chi connectivity index (χ4v) is 4.16. The van der Waals surface area contributed by atoms with E-state index < -0.39 is 23.3 Å². The van der Waals surface area contributed by atoms with Gasteiger partial charge < -0.3 is 15.4 Å². The summed E-state index contributed by atoms with van der Waals surface area (Å²) in [4.78, 5) is 43.2. The highest BCUT2D eigenvalue weighted by atomic mass is 35.5. The lowest BCUT2D eigenvalue weighted by Gasteiger charge is -2.39. The number of urea groups is 1. The van der Waals surface area contributed by atoms with Crippen molar-refractivity contribution in [2.24, 2.45) is 5.92 Å². The van der Waals surface area contributed by atoms with Crippen LogP contribution < -0.4 is 10.6 Å². The molecule has 0 aromatic carbocycles. The minimum Gasteiger partial charge on any atom is -0.444 e. The van der Waals surface area contributed by atoms with Crippen molar-refractivity contribution in [2.75, 3.05) is 6.54 Å². The molecule has 1 aromatic heterocycles. The Morgan fingerprint density at radius 1 is 1.41 bits per heavy atom. The normalized spacial score (nSPS) is 24.6. The quantitative estimate of drug-likeness (QED) is 0.573. The van der Waals surface area contributed by atoms with E-state index in [0.717, 1.165) is 19.3 Å². The Bertz CT molecular complexity index is 810. The minimum atomic E-state index is -1.01. The lowest BCUT2D eigenvalue weighted by molar-refractivity contribution is -0.134. The second kappa shape index (κ2) is 8.18. The van der Waals surface area contributed by atoms with E-state index in [1.54, 1.807) is 39.1 Å². The third kappa shape index (κ3) is 4.63. The van der Waals surface area contributed by atoms with Crippen molar-refractivity contribution >= 4 is 29.6 Å². The molecular formula is C20H27ClN4O4. The fourth-order valence-electron chi connectivity index (χ4n) is 3.98. The van der Waals surface area contributed by atoms with Crippen LogP contribution in [0.15, 0.2) is 18.3 Å². The summed E-state index contributed by atoms with van der Waals surface area (Å²) < 4.78 is 5.29. The van der Waals surface area contributed by atoms with Gasteiger partial charge in [0.1, 0.15) is 16.3 Å². The van der Waals surface area contributed by atoms with Crippen molar-refractivity contribution in [3.8, 4) is 0 Å². The first kappa shape index (κ1) is 21.4. The average Bonchev–Trinajstić information content (AvgIpc) is 2.86. The van der Waals surface area contributed by atoms with Crippen molar-refractivity contribution in [1.29, 1.82) is 0 Å². The van der Waals surface area contributed by atoms with Gasteiger partial charge in [0.2, 0.25) is 0 Å². The van der Waals surface area contributed by atoms with Gasteiger partial charge in [-0.2, -0.15) is 0 Å². The number of carbonyl (C=O) groups excluding carboxylic acids is 3. The van der Waals surface area contributed by atoms with Gasteiger partial charge in [0.25, 0.3) is 5.91 Å². The molecule has 3 rings (SSSR count). The van der Waals surface area contributed by atoms with Gasteiger partial charge in [-0.1, -0.05) is 30.5 Å². The molecule has 1 aliphatic heterocycles. The molecule has 0 unspecified atom stereocenters. The van der Waals surface area contributed by atoms with Gasteiger partial charge in [-0.05, 0) is 39.7 Å². The van der Waals surface area contributed by atoms with Crippen LogP contribution in [-0.2, 0) is 16.1 Å². The predicted molar refractivity (Wildman–Crippen MR) is 107 cm³/mol. The summed E-state index contributed by atoms with van der Waals surface area (Å²) in [5.74, 6) is -0.493. The predicted octanol–water partition coefficient (Wildman–Crippen LogP) is 3.24. The van der Waals surface area contributed by atoms with Gasteiger partial charge in [-0.25, -0.2) is 14.6 Å². The lowest BCUT2D eigenvalue weighted by atomic mass is 9.72. The van der Waals surface area contributed by atoms with E-state index in [0.29, 0.717) is 12.0 Å². The molecule has 4 amide bonds. The van der Waals surface area contributed by atoms with Crippen molar-refractivity contribution in [2.45, 2.75) is 64.1 Å². The first-order valence-electron chi connectivity index (χ1n) is 9.83. The molecule has 1 saturated heterocycles. The molecule has 158 valence electrons. The Balaban J connectivity index is 1.74. The number of hydrogen-bond acceptors (Lipinski definition) is 5. The Morgan fingerprint density at radius 3 is 2.86 bits per heavy atom. The van der Waals surface area contributed by atoms with Gasteiger partial charge in [-0.15, -0.1) is 0 Å². The first-order valence-corrected chi connectivity index (χ1v) is 10.2. The zero-order valence-corrected chi connectivity index (χ0v) is 17.7. The van der Waals surface area contributed by atoms with Crippen LogP contribution in [0.1, 0.15) is 52.0 Å². The molecule has 2 N–H and O–H groups in total. The van der Waals surface area contributed by atoms with Gasteiger partial charge in [0.15, 0.2) is 0 Å². The zero-order chi connectivity index (χ0) is 21.2.